The normalized spacial score (nSPS) is 16.2. The molecular formula is C16H24N2OS. The van der Waals surface area contributed by atoms with Gasteiger partial charge in [0.1, 0.15) is 6.29 Å². The lowest BCUT2D eigenvalue weighted by molar-refractivity contribution is -0.107. The minimum Gasteiger partial charge on any atom is -0.369 e. The number of benzene rings is 1. The molecule has 0 amide bonds. The number of nitrogens with zero attached hydrogens (tertiary/aromatic N) is 1. The maximum atomic E-state index is 11.1. The van der Waals surface area contributed by atoms with Crippen LogP contribution in [0.15, 0.2) is 23.1 Å². The third-order valence-electron chi connectivity index (χ3n) is 3.27. The van der Waals surface area contributed by atoms with E-state index in [4.69, 9.17) is 0 Å². The number of hydrogen-bond donors (Lipinski definition) is 1. The van der Waals surface area contributed by atoms with Gasteiger partial charge in [-0.05, 0) is 17.7 Å². The summed E-state index contributed by atoms with van der Waals surface area (Å²) in [6.45, 7) is 10.7. The van der Waals surface area contributed by atoms with Crippen LogP contribution in [0.25, 0.3) is 0 Å². The quantitative estimate of drug-likeness (QED) is 0.683. The van der Waals surface area contributed by atoms with E-state index in [1.54, 1.807) is 0 Å². The van der Waals surface area contributed by atoms with Crippen molar-refractivity contribution in [3.05, 3.63) is 23.8 Å². The smallest absolute Gasteiger partial charge is 0.124 e. The number of hydrogen-bond acceptors (Lipinski definition) is 4. The fraction of sp³-hybridized carbons (Fsp3) is 0.562. The topological polar surface area (TPSA) is 32.3 Å². The highest BCUT2D eigenvalue weighted by Crippen LogP contribution is 2.38. The van der Waals surface area contributed by atoms with Gasteiger partial charge in [0.05, 0.1) is 0 Å². The molecule has 1 aliphatic heterocycles. The molecule has 0 unspecified atom stereocenters. The maximum absolute atomic E-state index is 11.1. The Morgan fingerprint density at radius 1 is 1.30 bits per heavy atom. The summed E-state index contributed by atoms with van der Waals surface area (Å²) in [5.41, 5.74) is 2.41. The fourth-order valence-corrected chi connectivity index (χ4v) is 3.59. The molecule has 20 heavy (non-hydrogen) atoms. The van der Waals surface area contributed by atoms with Gasteiger partial charge in [-0.25, -0.2) is 0 Å². The van der Waals surface area contributed by atoms with Gasteiger partial charge in [-0.15, -0.1) is 11.8 Å². The van der Waals surface area contributed by atoms with Crippen LogP contribution in [0.3, 0.4) is 0 Å². The molecule has 1 aromatic rings. The van der Waals surface area contributed by atoms with E-state index in [1.165, 1.54) is 16.1 Å². The fourth-order valence-electron chi connectivity index (χ4n) is 2.47. The molecule has 1 N–H and O–H groups in total. The molecule has 1 aromatic carbocycles. The highest BCUT2D eigenvalue weighted by Gasteiger charge is 2.20. The van der Waals surface area contributed by atoms with E-state index in [9.17, 15) is 4.79 Å². The SMILES string of the molecule is CC(C)(C)Sc1cccc(N2CCNCC2)c1CC=O. The summed E-state index contributed by atoms with van der Waals surface area (Å²) in [5.74, 6) is 0. The average Bonchev–Trinajstić information content (AvgIpc) is 2.40. The Balaban J connectivity index is 2.34. The second-order valence-electron chi connectivity index (χ2n) is 6.08. The molecule has 1 saturated heterocycles. The summed E-state index contributed by atoms with van der Waals surface area (Å²) in [6, 6.07) is 6.40. The largest absolute Gasteiger partial charge is 0.369 e. The minimum atomic E-state index is 0.152. The predicted octanol–water partition coefficient (Wildman–Crippen LogP) is 2.73. The molecule has 1 aliphatic rings. The van der Waals surface area contributed by atoms with Crippen molar-refractivity contribution in [1.82, 2.24) is 5.32 Å². The number of thioether (sulfide) groups is 1. The lowest BCUT2D eigenvalue weighted by Gasteiger charge is -2.32. The zero-order valence-electron chi connectivity index (χ0n) is 12.6. The van der Waals surface area contributed by atoms with E-state index in [-0.39, 0.29) is 4.75 Å². The monoisotopic (exact) mass is 292 g/mol. The van der Waals surface area contributed by atoms with Gasteiger partial charge in [-0.3, -0.25) is 0 Å². The molecule has 0 radical (unpaired) electrons. The first-order chi connectivity index (χ1) is 9.51. The van der Waals surface area contributed by atoms with Crippen LogP contribution in [0.4, 0.5) is 5.69 Å². The number of rotatable bonds is 4. The number of carbonyl (C=O) groups excluding carboxylic acids is 1. The van der Waals surface area contributed by atoms with Crippen LogP contribution in [0.1, 0.15) is 26.3 Å². The van der Waals surface area contributed by atoms with Crippen LogP contribution in [-0.4, -0.2) is 37.2 Å². The van der Waals surface area contributed by atoms with Crippen LogP contribution in [0, 0.1) is 0 Å². The van der Waals surface area contributed by atoms with E-state index >= 15 is 0 Å². The van der Waals surface area contributed by atoms with Crippen LogP contribution < -0.4 is 10.2 Å². The lowest BCUT2D eigenvalue weighted by Crippen LogP contribution is -2.44. The molecular weight excluding hydrogens is 268 g/mol. The maximum Gasteiger partial charge on any atom is 0.124 e. The molecule has 0 saturated carbocycles. The Labute approximate surface area is 126 Å². The van der Waals surface area contributed by atoms with Crippen molar-refractivity contribution in [1.29, 1.82) is 0 Å². The summed E-state index contributed by atoms with van der Waals surface area (Å²) < 4.78 is 0.152. The molecule has 0 spiro atoms. The molecule has 1 fully saturated rings. The summed E-state index contributed by atoms with van der Waals surface area (Å²) in [7, 11) is 0. The summed E-state index contributed by atoms with van der Waals surface area (Å²) in [6.07, 6.45) is 1.52. The number of carbonyl (C=O) groups is 1. The third-order valence-corrected chi connectivity index (χ3v) is 4.48. The second kappa shape index (κ2) is 6.64. The standard InChI is InChI=1S/C16H24N2OS/c1-16(2,3)20-15-6-4-5-14(13(15)7-12-19)18-10-8-17-9-11-18/h4-6,12,17H,7-11H2,1-3H3. The van der Waals surface area contributed by atoms with E-state index < -0.39 is 0 Å². The van der Waals surface area contributed by atoms with Gasteiger partial charge in [0.2, 0.25) is 0 Å². The number of anilines is 1. The lowest BCUT2D eigenvalue weighted by atomic mass is 10.1. The van der Waals surface area contributed by atoms with Crippen molar-refractivity contribution in [2.75, 3.05) is 31.1 Å². The Morgan fingerprint density at radius 2 is 2.00 bits per heavy atom. The highest BCUT2D eigenvalue weighted by atomic mass is 32.2. The van der Waals surface area contributed by atoms with E-state index in [0.29, 0.717) is 6.42 Å². The first-order valence-electron chi connectivity index (χ1n) is 7.21. The molecule has 0 atom stereocenters. The van der Waals surface area contributed by atoms with Crippen molar-refractivity contribution in [3.63, 3.8) is 0 Å². The van der Waals surface area contributed by atoms with Gasteiger partial charge in [0, 0.05) is 47.9 Å². The van der Waals surface area contributed by atoms with Crippen molar-refractivity contribution < 1.29 is 4.79 Å². The van der Waals surface area contributed by atoms with Gasteiger partial charge in [0.25, 0.3) is 0 Å². The third kappa shape index (κ3) is 4.00. The molecule has 0 bridgehead atoms. The molecule has 2 rings (SSSR count). The van der Waals surface area contributed by atoms with Gasteiger partial charge < -0.3 is 15.0 Å². The highest BCUT2D eigenvalue weighted by molar-refractivity contribution is 8.00. The van der Waals surface area contributed by atoms with Gasteiger partial charge >= 0.3 is 0 Å². The molecule has 3 nitrogen and oxygen atoms in total. The van der Waals surface area contributed by atoms with Gasteiger partial charge in [-0.2, -0.15) is 0 Å². The van der Waals surface area contributed by atoms with Crippen molar-refractivity contribution in [3.8, 4) is 0 Å². The number of aldehydes is 1. The van der Waals surface area contributed by atoms with Crippen molar-refractivity contribution in [2.24, 2.45) is 0 Å². The van der Waals surface area contributed by atoms with Crippen LogP contribution in [-0.2, 0) is 11.2 Å². The Bertz CT molecular complexity index is 462. The summed E-state index contributed by atoms with van der Waals surface area (Å²) in [4.78, 5) is 14.7. The van der Waals surface area contributed by atoms with E-state index in [0.717, 1.165) is 32.5 Å². The molecule has 0 aromatic heterocycles. The summed E-state index contributed by atoms with van der Waals surface area (Å²) in [5, 5.41) is 3.37. The first kappa shape index (κ1) is 15.4. The second-order valence-corrected chi connectivity index (χ2v) is 7.94. The predicted molar refractivity (Wildman–Crippen MR) is 86.9 cm³/mol. The molecule has 4 heteroatoms. The zero-order chi connectivity index (χ0) is 14.6. The van der Waals surface area contributed by atoms with Crippen LogP contribution in [0.2, 0.25) is 0 Å². The van der Waals surface area contributed by atoms with E-state index in [2.05, 4.69) is 49.2 Å². The molecule has 110 valence electrons. The minimum absolute atomic E-state index is 0.152. The van der Waals surface area contributed by atoms with Crippen LogP contribution in [0.5, 0.6) is 0 Å². The van der Waals surface area contributed by atoms with Gasteiger partial charge in [0.15, 0.2) is 0 Å². The Hall–Kier alpha value is -1.00. The van der Waals surface area contributed by atoms with Crippen molar-refractivity contribution >= 4 is 23.7 Å². The van der Waals surface area contributed by atoms with Gasteiger partial charge in [-0.1, -0.05) is 26.8 Å². The molecule has 0 aliphatic carbocycles. The summed E-state index contributed by atoms with van der Waals surface area (Å²) >= 11 is 1.84. The average molecular weight is 292 g/mol. The number of nitrogens with one attached hydrogen (secondary N) is 1. The zero-order valence-corrected chi connectivity index (χ0v) is 13.4. The van der Waals surface area contributed by atoms with E-state index in [1.807, 2.05) is 11.8 Å². The Kier molecular flexibility index (Phi) is 5.11. The van der Waals surface area contributed by atoms with Crippen molar-refractivity contribution in [2.45, 2.75) is 36.8 Å². The number of piperazine rings is 1. The first-order valence-corrected chi connectivity index (χ1v) is 8.03. The molecule has 1 heterocycles. The van der Waals surface area contributed by atoms with Crippen LogP contribution >= 0.6 is 11.8 Å². The Morgan fingerprint density at radius 3 is 2.60 bits per heavy atom.